The van der Waals surface area contributed by atoms with E-state index in [4.69, 9.17) is 0 Å². The lowest BCUT2D eigenvalue weighted by atomic mass is 10.1. The zero-order valence-corrected chi connectivity index (χ0v) is 24.7. The quantitative estimate of drug-likeness (QED) is 0.260. The highest BCUT2D eigenvalue weighted by Crippen LogP contribution is 2.28. The average molecular weight is 569 g/mol. The van der Waals surface area contributed by atoms with E-state index < -0.39 is 0 Å². The average Bonchev–Trinajstić information content (AvgIpc) is 3.46. The second kappa shape index (κ2) is 21.0. The van der Waals surface area contributed by atoms with Crippen molar-refractivity contribution in [1.82, 2.24) is 4.57 Å². The lowest BCUT2D eigenvalue weighted by molar-refractivity contribution is 0.797. The fourth-order valence-corrected chi connectivity index (χ4v) is 3.52. The zero-order valence-electron chi connectivity index (χ0n) is 22.6. The summed E-state index contributed by atoms with van der Waals surface area (Å²) in [5.74, 6) is 0. The number of anilines is 1. The highest BCUT2D eigenvalue weighted by molar-refractivity contribution is 14.1. The summed E-state index contributed by atoms with van der Waals surface area (Å²) in [4.78, 5) is 2.44. The Balaban J connectivity index is 0. The number of halogens is 1. The molecule has 1 aliphatic heterocycles. The summed E-state index contributed by atoms with van der Waals surface area (Å²) < 4.78 is 3.48. The normalized spacial score (nSPS) is 10.5. The predicted octanol–water partition coefficient (Wildman–Crippen LogP) is 6.96. The smallest absolute Gasteiger partial charge is 0.0480 e. The van der Waals surface area contributed by atoms with Crippen LogP contribution in [0.15, 0.2) is 48.7 Å². The summed E-state index contributed by atoms with van der Waals surface area (Å²) in [5.41, 5.74) is 16.0. The number of nitrogens with zero attached hydrogens (tertiary/aromatic N) is 2. The standard InChI is InChI=1S/C11H15N.C11H13N.C2H5I.C2H6.2CH5N/c2*1-3-12-7-6-10-8-9(2)4-5-11(10)12;1-2-3;3*1-2/h4-5,8H,3,6-7H2,1-2H3;4-8H,3H2,1-2H3;2H2,1H3;1-2H3;2*2H2,1H3. The molecule has 5 heteroatoms. The summed E-state index contributed by atoms with van der Waals surface area (Å²) in [6.45, 7) is 18.2. The van der Waals surface area contributed by atoms with Gasteiger partial charge in [-0.3, -0.25) is 0 Å². The van der Waals surface area contributed by atoms with Gasteiger partial charge in [0.25, 0.3) is 0 Å². The number of hydrogen-bond acceptors (Lipinski definition) is 3. The molecule has 0 saturated heterocycles. The molecule has 0 amide bonds. The number of nitrogens with two attached hydrogens (primary N) is 2. The monoisotopic (exact) mass is 568 g/mol. The molecule has 188 valence electrons. The van der Waals surface area contributed by atoms with Gasteiger partial charge >= 0.3 is 0 Å². The first-order valence-electron chi connectivity index (χ1n) is 12.1. The summed E-state index contributed by atoms with van der Waals surface area (Å²) in [7, 11) is 3.00. The minimum Gasteiger partial charge on any atom is -0.371 e. The van der Waals surface area contributed by atoms with Crippen molar-refractivity contribution in [3.8, 4) is 0 Å². The number of benzene rings is 2. The second-order valence-electron chi connectivity index (χ2n) is 6.89. The fourth-order valence-electron chi connectivity index (χ4n) is 3.52. The van der Waals surface area contributed by atoms with E-state index in [0.717, 1.165) is 13.1 Å². The number of rotatable bonds is 2. The van der Waals surface area contributed by atoms with Crippen molar-refractivity contribution < 1.29 is 0 Å². The van der Waals surface area contributed by atoms with Gasteiger partial charge in [0.15, 0.2) is 0 Å². The first-order valence-corrected chi connectivity index (χ1v) is 13.7. The van der Waals surface area contributed by atoms with E-state index in [1.807, 2.05) is 13.8 Å². The molecule has 2 aromatic carbocycles. The van der Waals surface area contributed by atoms with Crippen molar-refractivity contribution >= 4 is 39.2 Å². The Morgan fingerprint density at radius 1 is 0.818 bits per heavy atom. The largest absolute Gasteiger partial charge is 0.371 e. The van der Waals surface area contributed by atoms with Crippen LogP contribution in [0, 0.1) is 13.8 Å². The van der Waals surface area contributed by atoms with E-state index in [-0.39, 0.29) is 0 Å². The first kappa shape index (κ1) is 33.6. The molecule has 0 fully saturated rings. The van der Waals surface area contributed by atoms with Crippen LogP contribution in [0.1, 0.15) is 51.3 Å². The molecule has 0 atom stereocenters. The van der Waals surface area contributed by atoms with Gasteiger partial charge < -0.3 is 20.9 Å². The summed E-state index contributed by atoms with van der Waals surface area (Å²) in [5, 5.41) is 1.34. The molecule has 1 aliphatic rings. The van der Waals surface area contributed by atoms with E-state index in [9.17, 15) is 0 Å². The molecule has 33 heavy (non-hydrogen) atoms. The van der Waals surface area contributed by atoms with Crippen LogP contribution < -0.4 is 16.4 Å². The third kappa shape index (κ3) is 11.4. The van der Waals surface area contributed by atoms with E-state index in [0.29, 0.717) is 0 Å². The van der Waals surface area contributed by atoms with Crippen LogP contribution in [0.25, 0.3) is 10.9 Å². The molecule has 0 spiro atoms. The van der Waals surface area contributed by atoms with E-state index in [2.05, 4.69) is 127 Å². The van der Waals surface area contributed by atoms with Crippen molar-refractivity contribution in [1.29, 1.82) is 0 Å². The molecule has 0 bridgehead atoms. The molecule has 4 rings (SSSR count). The molecule has 0 unspecified atom stereocenters. The molecular formula is C28H49IN4. The van der Waals surface area contributed by atoms with Crippen LogP contribution in [0.2, 0.25) is 0 Å². The number of aromatic nitrogens is 1. The van der Waals surface area contributed by atoms with Gasteiger partial charge in [-0.25, -0.2) is 0 Å². The van der Waals surface area contributed by atoms with Crippen molar-refractivity contribution in [2.45, 2.75) is 61.4 Å². The van der Waals surface area contributed by atoms with Gasteiger partial charge in [-0.1, -0.05) is 72.7 Å². The molecule has 4 N–H and O–H groups in total. The third-order valence-corrected chi connectivity index (χ3v) is 4.88. The minimum absolute atomic E-state index is 1.05. The molecular weight excluding hydrogens is 519 g/mol. The van der Waals surface area contributed by atoms with Crippen LogP contribution >= 0.6 is 22.6 Å². The van der Waals surface area contributed by atoms with E-state index in [1.54, 1.807) is 0 Å². The number of alkyl halides is 1. The van der Waals surface area contributed by atoms with Crippen molar-refractivity contribution in [3.05, 3.63) is 65.4 Å². The van der Waals surface area contributed by atoms with Crippen molar-refractivity contribution in [2.24, 2.45) is 11.5 Å². The Hall–Kier alpha value is -1.57. The topological polar surface area (TPSA) is 60.2 Å². The maximum Gasteiger partial charge on any atom is 0.0480 e. The van der Waals surface area contributed by atoms with Crippen LogP contribution in [-0.4, -0.2) is 36.2 Å². The maximum absolute atomic E-state index is 4.50. The van der Waals surface area contributed by atoms with Crippen molar-refractivity contribution in [3.63, 3.8) is 0 Å². The second-order valence-corrected chi connectivity index (χ2v) is 8.42. The SMILES string of the molecule is CC.CCI.CCN1CCc2cc(C)ccc21.CCn1ccc2cc(C)ccc21.CN.CN. The van der Waals surface area contributed by atoms with Gasteiger partial charge in [0, 0.05) is 37.0 Å². The molecule has 0 radical (unpaired) electrons. The molecule has 3 aromatic rings. The number of fused-ring (bicyclic) bond motifs is 2. The molecule has 0 aliphatic carbocycles. The molecule has 4 nitrogen and oxygen atoms in total. The lowest BCUT2D eigenvalue weighted by Gasteiger charge is -2.16. The zero-order chi connectivity index (χ0) is 25.8. The Morgan fingerprint density at radius 3 is 1.91 bits per heavy atom. The van der Waals surface area contributed by atoms with Gasteiger partial charge in [-0.05, 0) is 87.9 Å². The summed E-state index contributed by atoms with van der Waals surface area (Å²) in [6.07, 6.45) is 3.37. The molecule has 2 heterocycles. The number of likely N-dealkylation sites (N-methyl/N-ethyl adjacent to an activating group) is 1. The van der Waals surface area contributed by atoms with Gasteiger partial charge in [0.1, 0.15) is 0 Å². The van der Waals surface area contributed by atoms with Gasteiger partial charge in [-0.15, -0.1) is 0 Å². The Morgan fingerprint density at radius 2 is 1.36 bits per heavy atom. The summed E-state index contributed by atoms with van der Waals surface area (Å²) in [6, 6.07) is 15.5. The van der Waals surface area contributed by atoms with E-state index >= 15 is 0 Å². The maximum atomic E-state index is 4.50. The van der Waals surface area contributed by atoms with Gasteiger partial charge in [0.05, 0.1) is 0 Å². The summed E-state index contributed by atoms with van der Waals surface area (Å²) >= 11 is 2.29. The molecule has 0 saturated carbocycles. The van der Waals surface area contributed by atoms with E-state index in [1.165, 1.54) is 64.8 Å². The van der Waals surface area contributed by atoms with Crippen LogP contribution in [0.5, 0.6) is 0 Å². The van der Waals surface area contributed by atoms with Gasteiger partial charge in [-0.2, -0.15) is 0 Å². The van der Waals surface area contributed by atoms with Gasteiger partial charge in [0.2, 0.25) is 0 Å². The van der Waals surface area contributed by atoms with Crippen molar-refractivity contribution in [2.75, 3.05) is 36.5 Å². The highest BCUT2D eigenvalue weighted by Gasteiger charge is 2.16. The van der Waals surface area contributed by atoms with Crippen LogP contribution in [0.3, 0.4) is 0 Å². The minimum atomic E-state index is 1.05. The van der Waals surface area contributed by atoms with Crippen LogP contribution in [-0.2, 0) is 13.0 Å². The Bertz CT molecular complexity index is 858. The molecule has 1 aromatic heterocycles. The number of aryl methyl sites for hydroxylation is 3. The highest BCUT2D eigenvalue weighted by atomic mass is 127. The van der Waals surface area contributed by atoms with Crippen LogP contribution in [0.4, 0.5) is 5.69 Å². The Labute approximate surface area is 217 Å². The third-order valence-electron chi connectivity index (χ3n) is 4.88. The fraction of sp³-hybridized carbons (Fsp3) is 0.500. The first-order chi connectivity index (χ1) is 16.0. The predicted molar refractivity (Wildman–Crippen MR) is 161 cm³/mol. The lowest BCUT2D eigenvalue weighted by Crippen LogP contribution is -2.18. The Kier molecular flexibility index (Phi) is 21.4. The number of hydrogen-bond donors (Lipinski definition) is 2.